The summed E-state index contributed by atoms with van der Waals surface area (Å²) in [5.74, 6) is 2.53. The highest BCUT2D eigenvalue weighted by atomic mass is 15.2. The fraction of sp³-hybridized carbons (Fsp3) is 0.550. The van der Waals surface area contributed by atoms with Crippen LogP contribution in [0.15, 0.2) is 42.0 Å². The maximum atomic E-state index is 4.37. The summed E-state index contributed by atoms with van der Waals surface area (Å²) in [7, 11) is 1.81. The zero-order valence-corrected chi connectivity index (χ0v) is 16.3. The van der Waals surface area contributed by atoms with Gasteiger partial charge in [0.05, 0.1) is 0 Å². The van der Waals surface area contributed by atoms with Gasteiger partial charge in [0.1, 0.15) is 12.1 Å². The molecule has 0 fully saturated rings. The van der Waals surface area contributed by atoms with Gasteiger partial charge in [-0.3, -0.25) is 9.56 Å². The molecule has 6 nitrogen and oxygen atoms in total. The van der Waals surface area contributed by atoms with E-state index in [0.29, 0.717) is 6.54 Å². The molecule has 0 aliphatic rings. The summed E-state index contributed by atoms with van der Waals surface area (Å²) < 4.78 is 1.90. The van der Waals surface area contributed by atoms with Gasteiger partial charge in [0.25, 0.3) is 0 Å². The van der Waals surface area contributed by atoms with Gasteiger partial charge in [-0.25, -0.2) is 9.97 Å². The topological polar surface area (TPSA) is 67.1 Å². The van der Waals surface area contributed by atoms with Crippen LogP contribution in [0.3, 0.4) is 0 Å². The monoisotopic (exact) mass is 356 g/mol. The molecule has 0 atom stereocenters. The van der Waals surface area contributed by atoms with Crippen molar-refractivity contribution in [3.05, 3.63) is 42.6 Å². The molecule has 0 aromatic carbocycles. The molecule has 2 heterocycles. The first kappa shape index (κ1) is 19.9. The molecule has 6 heteroatoms. The molecule has 2 N–H and O–H groups in total. The Labute approximate surface area is 157 Å². The van der Waals surface area contributed by atoms with Crippen molar-refractivity contribution in [1.82, 2.24) is 25.2 Å². The molecule has 0 radical (unpaired) electrons. The molecule has 0 unspecified atom stereocenters. The molecular weight excluding hydrogens is 324 g/mol. The summed E-state index contributed by atoms with van der Waals surface area (Å²) in [4.78, 5) is 12.7. The van der Waals surface area contributed by atoms with Gasteiger partial charge in [0, 0.05) is 38.7 Å². The van der Waals surface area contributed by atoms with Gasteiger partial charge < -0.3 is 10.6 Å². The highest BCUT2D eigenvalue weighted by Crippen LogP contribution is 2.09. The number of nitrogens with one attached hydrogen (secondary N) is 2. The van der Waals surface area contributed by atoms with E-state index in [1.807, 2.05) is 23.0 Å². The average molecular weight is 357 g/mol. The lowest BCUT2D eigenvalue weighted by molar-refractivity contribution is 0.518. The van der Waals surface area contributed by atoms with Crippen molar-refractivity contribution in [2.45, 2.75) is 52.5 Å². The maximum Gasteiger partial charge on any atom is 0.191 e. The second-order valence-electron chi connectivity index (χ2n) is 6.94. The van der Waals surface area contributed by atoms with E-state index in [9.17, 15) is 0 Å². The Kier molecular flexibility index (Phi) is 8.66. The van der Waals surface area contributed by atoms with E-state index in [0.717, 1.165) is 29.8 Å². The number of rotatable bonds is 10. The molecule has 0 saturated carbocycles. The summed E-state index contributed by atoms with van der Waals surface area (Å²) in [5, 5.41) is 6.75. The largest absolute Gasteiger partial charge is 0.356 e. The van der Waals surface area contributed by atoms with E-state index in [-0.39, 0.29) is 0 Å². The third-order valence-corrected chi connectivity index (χ3v) is 4.26. The van der Waals surface area contributed by atoms with Crippen LogP contribution in [-0.4, -0.2) is 34.1 Å². The molecule has 0 saturated heterocycles. The number of hydrogen-bond acceptors (Lipinski definition) is 3. The van der Waals surface area contributed by atoms with E-state index in [4.69, 9.17) is 0 Å². The number of pyridine rings is 1. The van der Waals surface area contributed by atoms with Crippen molar-refractivity contribution in [1.29, 1.82) is 0 Å². The minimum atomic E-state index is 0.707. The summed E-state index contributed by atoms with van der Waals surface area (Å²) in [6.45, 7) is 6.24. The minimum absolute atomic E-state index is 0.707. The van der Waals surface area contributed by atoms with E-state index in [2.05, 4.69) is 45.5 Å². The lowest BCUT2D eigenvalue weighted by Gasteiger charge is -2.12. The fourth-order valence-corrected chi connectivity index (χ4v) is 2.75. The Hall–Kier alpha value is -2.37. The summed E-state index contributed by atoms with van der Waals surface area (Å²) in [6.07, 6.45) is 13.7. The van der Waals surface area contributed by atoms with Gasteiger partial charge >= 0.3 is 0 Å². The van der Waals surface area contributed by atoms with Crippen LogP contribution in [0.5, 0.6) is 0 Å². The van der Waals surface area contributed by atoms with E-state index in [1.54, 1.807) is 19.6 Å². The van der Waals surface area contributed by atoms with Crippen molar-refractivity contribution in [2.24, 2.45) is 10.9 Å². The van der Waals surface area contributed by atoms with Gasteiger partial charge in [-0.05, 0) is 30.0 Å². The second-order valence-corrected chi connectivity index (χ2v) is 6.94. The second kappa shape index (κ2) is 11.3. The van der Waals surface area contributed by atoms with Crippen LogP contribution in [0.4, 0.5) is 0 Å². The zero-order valence-electron chi connectivity index (χ0n) is 16.3. The highest BCUT2D eigenvalue weighted by Gasteiger charge is 2.02. The first-order valence-corrected chi connectivity index (χ1v) is 9.57. The Morgan fingerprint density at radius 3 is 2.73 bits per heavy atom. The first-order chi connectivity index (χ1) is 12.7. The van der Waals surface area contributed by atoms with E-state index in [1.165, 1.54) is 32.1 Å². The van der Waals surface area contributed by atoms with E-state index < -0.39 is 0 Å². The van der Waals surface area contributed by atoms with Gasteiger partial charge in [0.15, 0.2) is 5.96 Å². The molecule has 0 spiro atoms. The van der Waals surface area contributed by atoms with Crippen molar-refractivity contribution in [3.63, 3.8) is 0 Å². The summed E-state index contributed by atoms with van der Waals surface area (Å²) >= 11 is 0. The molecular formula is C20H32N6. The maximum absolute atomic E-state index is 4.37. The van der Waals surface area contributed by atoms with Crippen LogP contribution in [0.1, 0.15) is 51.5 Å². The summed E-state index contributed by atoms with van der Waals surface area (Å²) in [6, 6.07) is 4.06. The average Bonchev–Trinajstić information content (AvgIpc) is 3.18. The minimum Gasteiger partial charge on any atom is -0.356 e. The van der Waals surface area contributed by atoms with Crippen LogP contribution < -0.4 is 10.6 Å². The van der Waals surface area contributed by atoms with Crippen LogP contribution in [0.2, 0.25) is 0 Å². The molecule has 142 valence electrons. The molecule has 0 bridgehead atoms. The van der Waals surface area contributed by atoms with Crippen molar-refractivity contribution in [3.8, 4) is 5.82 Å². The number of guanidine groups is 1. The standard InChI is InChI=1S/C20H32N6/c1-17(2)8-6-4-5-7-10-24-20(21-3)25-15-18-9-11-23-19(14-18)26-13-12-22-16-26/h9,11-14,16-17H,4-8,10,15H2,1-3H3,(H2,21,24,25). The third-order valence-electron chi connectivity index (χ3n) is 4.26. The van der Waals surface area contributed by atoms with Crippen molar-refractivity contribution < 1.29 is 0 Å². The van der Waals surface area contributed by atoms with Gasteiger partial charge in [-0.15, -0.1) is 0 Å². The predicted molar refractivity (Wildman–Crippen MR) is 107 cm³/mol. The number of aliphatic imine (C=N–C) groups is 1. The third kappa shape index (κ3) is 7.25. The van der Waals surface area contributed by atoms with Gasteiger partial charge in [-0.2, -0.15) is 0 Å². The Morgan fingerprint density at radius 1 is 1.15 bits per heavy atom. The number of imidazole rings is 1. The fourth-order valence-electron chi connectivity index (χ4n) is 2.75. The lowest BCUT2D eigenvalue weighted by Crippen LogP contribution is -2.37. The smallest absolute Gasteiger partial charge is 0.191 e. The Balaban J connectivity index is 1.68. The molecule has 2 aromatic heterocycles. The quantitative estimate of drug-likeness (QED) is 0.388. The molecule has 2 aromatic rings. The first-order valence-electron chi connectivity index (χ1n) is 9.57. The lowest BCUT2D eigenvalue weighted by atomic mass is 10.0. The predicted octanol–water partition coefficient (Wildman–Crippen LogP) is 3.54. The Bertz CT molecular complexity index is 648. The van der Waals surface area contributed by atoms with Gasteiger partial charge in [-0.1, -0.05) is 39.5 Å². The number of nitrogens with zero attached hydrogens (tertiary/aromatic N) is 4. The van der Waals surface area contributed by atoms with Crippen LogP contribution in [-0.2, 0) is 6.54 Å². The van der Waals surface area contributed by atoms with Crippen LogP contribution in [0, 0.1) is 5.92 Å². The van der Waals surface area contributed by atoms with Crippen LogP contribution in [0.25, 0.3) is 5.82 Å². The van der Waals surface area contributed by atoms with Crippen LogP contribution >= 0.6 is 0 Å². The SMILES string of the molecule is CN=C(NCCCCCCC(C)C)NCc1ccnc(-n2ccnc2)c1. The molecule has 0 amide bonds. The summed E-state index contributed by atoms with van der Waals surface area (Å²) in [5.41, 5.74) is 1.15. The number of aromatic nitrogens is 3. The molecule has 0 aliphatic carbocycles. The Morgan fingerprint density at radius 2 is 2.00 bits per heavy atom. The molecule has 0 aliphatic heterocycles. The molecule has 26 heavy (non-hydrogen) atoms. The van der Waals surface area contributed by atoms with E-state index >= 15 is 0 Å². The van der Waals surface area contributed by atoms with Crippen molar-refractivity contribution in [2.75, 3.05) is 13.6 Å². The number of hydrogen-bond donors (Lipinski definition) is 2. The zero-order chi connectivity index (χ0) is 18.6. The van der Waals surface area contributed by atoms with Gasteiger partial charge in [0.2, 0.25) is 0 Å². The number of unbranched alkanes of at least 4 members (excludes halogenated alkanes) is 3. The van der Waals surface area contributed by atoms with Crippen molar-refractivity contribution >= 4 is 5.96 Å². The molecule has 2 rings (SSSR count). The highest BCUT2D eigenvalue weighted by molar-refractivity contribution is 5.79. The normalized spacial score (nSPS) is 11.8.